The van der Waals surface area contributed by atoms with Gasteiger partial charge in [-0.3, -0.25) is 0 Å². The summed E-state index contributed by atoms with van der Waals surface area (Å²) in [4.78, 5) is 0. The van der Waals surface area contributed by atoms with Crippen LogP contribution >= 0.6 is 0 Å². The molecule has 0 unspecified atom stereocenters. The molecule has 1 aromatic rings. The molecule has 0 heterocycles. The smallest absolute Gasteiger partial charge is 0.416 e. The zero-order chi connectivity index (χ0) is 13.1. The largest absolute Gasteiger partial charge is 0.497 e. The average Bonchev–Trinajstić information content (AvgIpc) is 2.27. The van der Waals surface area contributed by atoms with Crippen LogP contribution in [0.2, 0.25) is 0 Å². The number of hydrogen-bond acceptors (Lipinski definition) is 2. The number of hydrogen-bond donors (Lipinski definition) is 1. The van der Waals surface area contributed by atoms with Gasteiger partial charge in [-0.05, 0) is 30.2 Å². The van der Waals surface area contributed by atoms with Gasteiger partial charge in [0.1, 0.15) is 5.75 Å². The Bertz CT molecular complexity index is 377. The summed E-state index contributed by atoms with van der Waals surface area (Å²) >= 11 is 0. The van der Waals surface area contributed by atoms with E-state index in [1.807, 2.05) is 6.92 Å². The van der Waals surface area contributed by atoms with Crippen LogP contribution in [0.4, 0.5) is 13.2 Å². The molecule has 0 saturated carbocycles. The first-order valence-electron chi connectivity index (χ1n) is 5.40. The summed E-state index contributed by atoms with van der Waals surface area (Å²) in [6.45, 7) is 1.94. The van der Waals surface area contributed by atoms with E-state index in [-0.39, 0.29) is 5.75 Å². The van der Waals surface area contributed by atoms with Crippen LogP contribution in [0.3, 0.4) is 0 Å². The van der Waals surface area contributed by atoms with Crippen molar-refractivity contribution in [2.24, 2.45) is 5.73 Å². The fourth-order valence-electron chi connectivity index (χ4n) is 1.60. The monoisotopic (exact) mass is 247 g/mol. The third kappa shape index (κ3) is 3.63. The molecule has 0 radical (unpaired) electrons. The van der Waals surface area contributed by atoms with E-state index in [1.54, 1.807) is 6.07 Å². The molecule has 0 bridgehead atoms. The van der Waals surface area contributed by atoms with Crippen LogP contribution in [0, 0.1) is 0 Å². The number of ether oxygens (including phenoxy) is 1. The lowest BCUT2D eigenvalue weighted by molar-refractivity contribution is -0.137. The molecule has 0 spiro atoms. The minimum atomic E-state index is -4.38. The summed E-state index contributed by atoms with van der Waals surface area (Å²) in [5, 5.41) is 0. The highest BCUT2D eigenvalue weighted by Gasteiger charge is 2.31. The van der Waals surface area contributed by atoms with Gasteiger partial charge in [0.25, 0.3) is 0 Å². The Morgan fingerprint density at radius 3 is 2.41 bits per heavy atom. The quantitative estimate of drug-likeness (QED) is 0.883. The predicted molar refractivity (Wildman–Crippen MR) is 59.8 cm³/mol. The number of halogens is 3. The molecule has 0 aliphatic carbocycles. The number of nitrogens with two attached hydrogens (primary N) is 1. The van der Waals surface area contributed by atoms with Gasteiger partial charge in [0.15, 0.2) is 0 Å². The van der Waals surface area contributed by atoms with Crippen molar-refractivity contribution in [2.45, 2.75) is 32.0 Å². The zero-order valence-corrected chi connectivity index (χ0v) is 9.84. The van der Waals surface area contributed by atoms with Crippen molar-refractivity contribution in [3.05, 3.63) is 29.3 Å². The Hall–Kier alpha value is -1.23. The summed E-state index contributed by atoms with van der Waals surface area (Å²) < 4.78 is 42.8. The van der Waals surface area contributed by atoms with Crippen LogP contribution in [0.5, 0.6) is 5.75 Å². The fourth-order valence-corrected chi connectivity index (χ4v) is 1.60. The van der Waals surface area contributed by atoms with Crippen LogP contribution in [0.15, 0.2) is 18.2 Å². The van der Waals surface area contributed by atoms with E-state index in [4.69, 9.17) is 10.5 Å². The average molecular weight is 247 g/mol. The molecule has 1 rings (SSSR count). The third-order valence-corrected chi connectivity index (χ3v) is 2.52. The van der Waals surface area contributed by atoms with E-state index in [9.17, 15) is 13.2 Å². The van der Waals surface area contributed by atoms with E-state index in [0.717, 1.165) is 18.6 Å². The normalized spacial score (nSPS) is 13.5. The van der Waals surface area contributed by atoms with Crippen LogP contribution in [0.25, 0.3) is 0 Å². The summed E-state index contributed by atoms with van der Waals surface area (Å²) in [6.07, 6.45) is -2.92. The molecule has 0 aliphatic rings. The molecule has 17 heavy (non-hydrogen) atoms. The summed E-state index contributed by atoms with van der Waals surface area (Å²) in [5.41, 5.74) is 5.55. The molecule has 0 amide bonds. The maximum absolute atomic E-state index is 12.6. The van der Waals surface area contributed by atoms with Crippen LogP contribution in [-0.4, -0.2) is 7.11 Å². The topological polar surface area (TPSA) is 35.2 Å². The second kappa shape index (κ2) is 5.40. The number of benzene rings is 1. The molecule has 5 heteroatoms. The second-order valence-corrected chi connectivity index (χ2v) is 3.89. The Labute approximate surface area is 98.6 Å². The third-order valence-electron chi connectivity index (χ3n) is 2.52. The SMILES string of the molecule is CCC[C@@H](N)c1cc(OC)cc(C(F)(F)F)c1. The van der Waals surface area contributed by atoms with Gasteiger partial charge in [-0.15, -0.1) is 0 Å². The first-order valence-corrected chi connectivity index (χ1v) is 5.40. The van der Waals surface area contributed by atoms with Gasteiger partial charge in [0.05, 0.1) is 12.7 Å². The van der Waals surface area contributed by atoms with Crippen molar-refractivity contribution in [2.75, 3.05) is 7.11 Å². The lowest BCUT2D eigenvalue weighted by Gasteiger charge is -2.15. The number of rotatable bonds is 4. The highest BCUT2D eigenvalue weighted by Crippen LogP contribution is 2.34. The molecule has 0 aliphatic heterocycles. The van der Waals surface area contributed by atoms with Crippen molar-refractivity contribution in [3.8, 4) is 5.75 Å². The van der Waals surface area contributed by atoms with Gasteiger partial charge in [0.2, 0.25) is 0 Å². The van der Waals surface area contributed by atoms with E-state index in [1.165, 1.54) is 7.11 Å². The Morgan fingerprint density at radius 2 is 1.94 bits per heavy atom. The second-order valence-electron chi connectivity index (χ2n) is 3.89. The number of methoxy groups -OCH3 is 1. The van der Waals surface area contributed by atoms with Gasteiger partial charge < -0.3 is 10.5 Å². The fraction of sp³-hybridized carbons (Fsp3) is 0.500. The Balaban J connectivity index is 3.14. The van der Waals surface area contributed by atoms with Crippen molar-refractivity contribution < 1.29 is 17.9 Å². The molecule has 1 aromatic carbocycles. The minimum Gasteiger partial charge on any atom is -0.497 e. The molecule has 1 atom stereocenters. The standard InChI is InChI=1S/C12H16F3NO/c1-3-4-11(16)8-5-9(12(13,14)15)7-10(6-8)17-2/h5-7,11H,3-4,16H2,1-2H3/t11-/m1/s1. The van der Waals surface area contributed by atoms with Crippen molar-refractivity contribution in [1.29, 1.82) is 0 Å². The minimum absolute atomic E-state index is 0.182. The van der Waals surface area contributed by atoms with E-state index >= 15 is 0 Å². The van der Waals surface area contributed by atoms with Gasteiger partial charge in [-0.25, -0.2) is 0 Å². The molecule has 0 aromatic heterocycles. The van der Waals surface area contributed by atoms with E-state index in [0.29, 0.717) is 12.0 Å². The van der Waals surface area contributed by atoms with Gasteiger partial charge in [-0.2, -0.15) is 13.2 Å². The van der Waals surface area contributed by atoms with Gasteiger partial charge in [0, 0.05) is 6.04 Å². The first kappa shape index (κ1) is 13.8. The molecular formula is C12H16F3NO. The number of alkyl halides is 3. The first-order chi connectivity index (χ1) is 7.88. The molecule has 96 valence electrons. The molecule has 2 N–H and O–H groups in total. The van der Waals surface area contributed by atoms with Crippen LogP contribution in [0.1, 0.15) is 36.9 Å². The molecule has 2 nitrogen and oxygen atoms in total. The molecular weight excluding hydrogens is 231 g/mol. The van der Waals surface area contributed by atoms with Gasteiger partial charge >= 0.3 is 6.18 Å². The van der Waals surface area contributed by atoms with Crippen LogP contribution < -0.4 is 10.5 Å². The van der Waals surface area contributed by atoms with Crippen molar-refractivity contribution >= 4 is 0 Å². The van der Waals surface area contributed by atoms with E-state index < -0.39 is 17.8 Å². The van der Waals surface area contributed by atoms with E-state index in [2.05, 4.69) is 0 Å². The lowest BCUT2D eigenvalue weighted by atomic mass is 10.0. The summed E-state index contributed by atoms with van der Waals surface area (Å²) in [6, 6.07) is 3.22. The van der Waals surface area contributed by atoms with Crippen molar-refractivity contribution in [1.82, 2.24) is 0 Å². The van der Waals surface area contributed by atoms with Crippen molar-refractivity contribution in [3.63, 3.8) is 0 Å². The van der Waals surface area contributed by atoms with Crippen LogP contribution in [-0.2, 0) is 6.18 Å². The highest BCUT2D eigenvalue weighted by molar-refractivity contribution is 5.37. The van der Waals surface area contributed by atoms with Gasteiger partial charge in [-0.1, -0.05) is 13.3 Å². The Morgan fingerprint density at radius 1 is 1.29 bits per heavy atom. The predicted octanol–water partition coefficient (Wildman–Crippen LogP) is 3.51. The molecule has 0 fully saturated rings. The zero-order valence-electron chi connectivity index (χ0n) is 9.84. The molecule has 0 saturated heterocycles. The maximum atomic E-state index is 12.6. The lowest BCUT2D eigenvalue weighted by Crippen LogP contribution is -2.12. The maximum Gasteiger partial charge on any atom is 0.416 e. The summed E-state index contributed by atoms with van der Waals surface area (Å²) in [5.74, 6) is 0.182. The highest BCUT2D eigenvalue weighted by atomic mass is 19.4. The summed E-state index contributed by atoms with van der Waals surface area (Å²) in [7, 11) is 1.34. The Kier molecular flexibility index (Phi) is 4.40.